The molecule has 1 aromatic heterocycles. The highest BCUT2D eigenvalue weighted by Gasteiger charge is 2.16. The SMILES string of the molecule is C=CCc1cc2cc3c(cc2oc1=O)OCO3. The van der Waals surface area contributed by atoms with Gasteiger partial charge in [-0.05, 0) is 18.6 Å². The van der Waals surface area contributed by atoms with Crippen LogP contribution in [0.4, 0.5) is 0 Å². The third-order valence-electron chi connectivity index (χ3n) is 2.66. The number of ether oxygens (including phenoxy) is 2. The van der Waals surface area contributed by atoms with Gasteiger partial charge in [-0.1, -0.05) is 6.08 Å². The predicted molar refractivity (Wildman–Crippen MR) is 62.5 cm³/mol. The maximum Gasteiger partial charge on any atom is 0.339 e. The minimum absolute atomic E-state index is 0.204. The van der Waals surface area contributed by atoms with Gasteiger partial charge in [0.2, 0.25) is 6.79 Å². The molecule has 0 amide bonds. The molecule has 0 atom stereocenters. The van der Waals surface area contributed by atoms with Crippen LogP contribution in [0.25, 0.3) is 11.0 Å². The summed E-state index contributed by atoms with van der Waals surface area (Å²) in [5.74, 6) is 1.29. The maximum absolute atomic E-state index is 11.6. The Labute approximate surface area is 97.1 Å². The second kappa shape index (κ2) is 3.66. The third-order valence-corrected chi connectivity index (χ3v) is 2.66. The van der Waals surface area contributed by atoms with Crippen molar-refractivity contribution in [3.05, 3.63) is 46.8 Å². The van der Waals surface area contributed by atoms with Crippen molar-refractivity contribution in [3.8, 4) is 11.5 Å². The second-order valence-corrected chi connectivity index (χ2v) is 3.80. The Morgan fingerprint density at radius 3 is 2.76 bits per heavy atom. The van der Waals surface area contributed by atoms with Gasteiger partial charge in [0.25, 0.3) is 0 Å². The maximum atomic E-state index is 11.6. The summed E-state index contributed by atoms with van der Waals surface area (Å²) in [5, 5.41) is 0.825. The largest absolute Gasteiger partial charge is 0.454 e. The lowest BCUT2D eigenvalue weighted by Gasteiger charge is -2.01. The summed E-state index contributed by atoms with van der Waals surface area (Å²) >= 11 is 0. The number of hydrogen-bond donors (Lipinski definition) is 0. The van der Waals surface area contributed by atoms with Crippen LogP contribution in [0.3, 0.4) is 0 Å². The molecule has 0 N–H and O–H groups in total. The molecule has 1 aromatic carbocycles. The van der Waals surface area contributed by atoms with Crippen LogP contribution in [0.5, 0.6) is 11.5 Å². The molecule has 0 spiro atoms. The summed E-state index contributed by atoms with van der Waals surface area (Å²) in [4.78, 5) is 11.6. The normalized spacial score (nSPS) is 12.9. The Bertz CT molecular complexity index is 654. The summed E-state index contributed by atoms with van der Waals surface area (Å²) in [5.41, 5.74) is 0.759. The van der Waals surface area contributed by atoms with Crippen LogP contribution in [0.2, 0.25) is 0 Å². The van der Waals surface area contributed by atoms with E-state index >= 15 is 0 Å². The third kappa shape index (κ3) is 1.58. The van der Waals surface area contributed by atoms with E-state index < -0.39 is 0 Å². The number of hydrogen-bond acceptors (Lipinski definition) is 4. The zero-order chi connectivity index (χ0) is 11.8. The van der Waals surface area contributed by atoms with E-state index in [1.54, 1.807) is 18.2 Å². The van der Waals surface area contributed by atoms with E-state index in [2.05, 4.69) is 6.58 Å². The van der Waals surface area contributed by atoms with Crippen LogP contribution in [0.1, 0.15) is 5.56 Å². The predicted octanol–water partition coefficient (Wildman–Crippen LogP) is 2.25. The van der Waals surface area contributed by atoms with Crippen LogP contribution in [0.15, 0.2) is 40.1 Å². The summed E-state index contributed by atoms with van der Waals surface area (Å²) in [6.45, 7) is 3.81. The van der Waals surface area contributed by atoms with Gasteiger partial charge in [0.05, 0.1) is 0 Å². The molecular formula is C13H10O4. The molecule has 1 aliphatic heterocycles. The molecule has 0 saturated carbocycles. The van der Waals surface area contributed by atoms with E-state index in [1.807, 2.05) is 6.07 Å². The number of fused-ring (bicyclic) bond motifs is 2. The zero-order valence-corrected chi connectivity index (χ0v) is 9.06. The first-order valence-corrected chi connectivity index (χ1v) is 5.25. The average molecular weight is 230 g/mol. The smallest absolute Gasteiger partial charge is 0.339 e. The molecule has 4 nitrogen and oxygen atoms in total. The molecule has 0 radical (unpaired) electrons. The second-order valence-electron chi connectivity index (χ2n) is 3.80. The first-order valence-electron chi connectivity index (χ1n) is 5.25. The van der Waals surface area contributed by atoms with Gasteiger partial charge >= 0.3 is 5.63 Å². The molecule has 4 heteroatoms. The first kappa shape index (κ1) is 9.96. The lowest BCUT2D eigenvalue weighted by atomic mass is 10.1. The zero-order valence-electron chi connectivity index (χ0n) is 9.06. The molecule has 1 aliphatic rings. The van der Waals surface area contributed by atoms with E-state index in [0.717, 1.165) is 5.39 Å². The number of allylic oxidation sites excluding steroid dienone is 1. The van der Waals surface area contributed by atoms with Crippen LogP contribution >= 0.6 is 0 Å². The summed E-state index contributed by atoms with van der Waals surface area (Å²) < 4.78 is 15.7. The van der Waals surface area contributed by atoms with Crippen molar-refractivity contribution in [1.82, 2.24) is 0 Å². The van der Waals surface area contributed by atoms with Crippen molar-refractivity contribution < 1.29 is 13.9 Å². The van der Waals surface area contributed by atoms with Gasteiger partial charge < -0.3 is 13.9 Å². The van der Waals surface area contributed by atoms with Gasteiger partial charge in [-0.15, -0.1) is 6.58 Å². The van der Waals surface area contributed by atoms with Crippen molar-refractivity contribution in [3.63, 3.8) is 0 Å². The van der Waals surface area contributed by atoms with E-state index in [4.69, 9.17) is 13.9 Å². The highest BCUT2D eigenvalue weighted by molar-refractivity contribution is 5.81. The minimum atomic E-state index is -0.337. The standard InChI is InChI=1S/C13H10O4/c1-2-3-8-4-9-5-11-12(16-7-15-11)6-10(9)17-13(8)14/h2,4-6H,1,3,7H2. The fourth-order valence-corrected chi connectivity index (χ4v) is 1.85. The Balaban J connectivity index is 2.25. The molecule has 0 saturated heterocycles. The van der Waals surface area contributed by atoms with Gasteiger partial charge in [-0.25, -0.2) is 4.79 Å². The van der Waals surface area contributed by atoms with Crippen molar-refractivity contribution in [1.29, 1.82) is 0 Å². The molecule has 0 bridgehead atoms. The minimum Gasteiger partial charge on any atom is -0.454 e. The summed E-state index contributed by atoms with van der Waals surface area (Å²) in [6.07, 6.45) is 2.16. The fraction of sp³-hybridized carbons (Fsp3) is 0.154. The molecule has 0 fully saturated rings. The van der Waals surface area contributed by atoms with Crippen LogP contribution in [0, 0.1) is 0 Å². The molecule has 2 aromatic rings. The topological polar surface area (TPSA) is 48.7 Å². The lowest BCUT2D eigenvalue weighted by Crippen LogP contribution is -2.05. The van der Waals surface area contributed by atoms with Crippen LogP contribution in [-0.4, -0.2) is 6.79 Å². The first-order chi connectivity index (χ1) is 8.28. The van der Waals surface area contributed by atoms with Gasteiger partial charge in [-0.3, -0.25) is 0 Å². The molecule has 3 rings (SSSR count). The van der Waals surface area contributed by atoms with E-state index in [-0.39, 0.29) is 12.4 Å². The molecule has 0 aliphatic carbocycles. The van der Waals surface area contributed by atoms with Crippen molar-refractivity contribution >= 4 is 11.0 Å². The monoisotopic (exact) mass is 230 g/mol. The van der Waals surface area contributed by atoms with E-state index in [9.17, 15) is 4.79 Å². The highest BCUT2D eigenvalue weighted by Crippen LogP contribution is 2.35. The fourth-order valence-electron chi connectivity index (χ4n) is 1.85. The Morgan fingerprint density at radius 2 is 2.00 bits per heavy atom. The van der Waals surface area contributed by atoms with Crippen LogP contribution < -0.4 is 15.1 Å². The molecule has 2 heterocycles. The Morgan fingerprint density at radius 1 is 1.24 bits per heavy atom. The number of rotatable bonds is 2. The van der Waals surface area contributed by atoms with Gasteiger partial charge in [-0.2, -0.15) is 0 Å². The number of benzene rings is 1. The highest BCUT2D eigenvalue weighted by atomic mass is 16.7. The van der Waals surface area contributed by atoms with Crippen molar-refractivity contribution in [2.45, 2.75) is 6.42 Å². The van der Waals surface area contributed by atoms with E-state index in [0.29, 0.717) is 29.1 Å². The summed E-state index contributed by atoms with van der Waals surface area (Å²) in [7, 11) is 0. The average Bonchev–Trinajstić information content (AvgIpc) is 2.74. The van der Waals surface area contributed by atoms with Crippen LogP contribution in [-0.2, 0) is 6.42 Å². The van der Waals surface area contributed by atoms with Gasteiger partial charge in [0.1, 0.15) is 5.58 Å². The molecular weight excluding hydrogens is 220 g/mol. The molecule has 17 heavy (non-hydrogen) atoms. The van der Waals surface area contributed by atoms with Gasteiger partial charge in [0.15, 0.2) is 11.5 Å². The Kier molecular flexibility index (Phi) is 2.14. The van der Waals surface area contributed by atoms with E-state index in [1.165, 1.54) is 0 Å². The Hall–Kier alpha value is -2.23. The van der Waals surface area contributed by atoms with Crippen molar-refractivity contribution in [2.24, 2.45) is 0 Å². The lowest BCUT2D eigenvalue weighted by molar-refractivity contribution is 0.174. The molecule has 86 valence electrons. The molecule has 0 unspecified atom stereocenters. The van der Waals surface area contributed by atoms with Crippen molar-refractivity contribution in [2.75, 3.05) is 6.79 Å². The van der Waals surface area contributed by atoms with Gasteiger partial charge in [0, 0.05) is 17.0 Å². The summed E-state index contributed by atoms with van der Waals surface area (Å²) in [6, 6.07) is 5.29. The quantitative estimate of drug-likeness (QED) is 0.586.